The molecule has 0 aromatic heterocycles. The van der Waals surface area contributed by atoms with E-state index in [-0.39, 0.29) is 12.3 Å². The van der Waals surface area contributed by atoms with Crippen LogP contribution in [0.25, 0.3) is 0 Å². The number of nitrogens with zero attached hydrogens (tertiary/aromatic N) is 1. The van der Waals surface area contributed by atoms with Crippen LogP contribution in [0.2, 0.25) is 0 Å². The van der Waals surface area contributed by atoms with Gasteiger partial charge in [0.2, 0.25) is 0 Å². The average molecular weight is 926 g/mol. The number of imide groups is 1. The molecule has 0 saturated heterocycles. The van der Waals surface area contributed by atoms with Crippen LogP contribution < -0.4 is 5.32 Å². The number of rotatable bonds is 7. The van der Waals surface area contributed by atoms with Crippen LogP contribution in [0.1, 0.15) is 52.1 Å². The molecule has 0 radical (unpaired) electrons. The van der Waals surface area contributed by atoms with Gasteiger partial charge in [0.15, 0.2) is 6.61 Å². The summed E-state index contributed by atoms with van der Waals surface area (Å²) in [6, 6.07) is 4.54. The lowest BCUT2D eigenvalue weighted by Crippen LogP contribution is -2.47. The van der Waals surface area contributed by atoms with Crippen LogP contribution in [-0.2, 0) is 14.3 Å². The summed E-state index contributed by atoms with van der Waals surface area (Å²) >= 11 is 8.46. The van der Waals surface area contributed by atoms with E-state index in [0.29, 0.717) is 24.0 Å². The maximum atomic E-state index is 13.4. The van der Waals surface area contributed by atoms with Gasteiger partial charge < -0.3 is 10.1 Å². The number of ether oxygens (including phenoxy) is 1. The third-order valence-electron chi connectivity index (χ3n) is 5.42. The number of anilines is 1. The molecule has 0 saturated carbocycles. The van der Waals surface area contributed by atoms with Crippen LogP contribution in [-0.4, -0.2) is 41.2 Å². The van der Waals surface area contributed by atoms with E-state index in [4.69, 9.17) is 4.74 Å². The molecule has 11 heteroatoms. The van der Waals surface area contributed by atoms with E-state index in [1.54, 1.807) is 0 Å². The highest BCUT2D eigenvalue weighted by atomic mass is 127. The van der Waals surface area contributed by atoms with Gasteiger partial charge in [0.25, 0.3) is 17.7 Å². The zero-order chi connectivity index (χ0) is 26.2. The number of aryl methyl sites for hydroxylation is 2. The first-order valence-electron chi connectivity index (χ1n) is 10.6. The number of hydrogen-bond acceptors (Lipinski definition) is 5. The van der Waals surface area contributed by atoms with Crippen molar-refractivity contribution >= 4 is 120 Å². The van der Waals surface area contributed by atoms with Gasteiger partial charge in [0, 0.05) is 20.0 Å². The second kappa shape index (κ2) is 11.9. The quantitative estimate of drug-likeness (QED) is 0.123. The second-order valence-electron chi connectivity index (χ2n) is 8.61. The second-order valence-corrected chi connectivity index (χ2v) is 12.9. The maximum absolute atomic E-state index is 13.4. The fourth-order valence-electron chi connectivity index (χ4n) is 3.69. The van der Waals surface area contributed by atoms with Crippen molar-refractivity contribution in [3.63, 3.8) is 0 Å². The van der Waals surface area contributed by atoms with Crippen molar-refractivity contribution in [2.24, 2.45) is 5.92 Å². The Morgan fingerprint density at radius 3 is 2.00 bits per heavy atom. The highest BCUT2D eigenvalue weighted by Gasteiger charge is 2.47. The number of carbonyl (C=O) groups excluding carboxylic acids is 4. The Morgan fingerprint density at radius 1 is 0.943 bits per heavy atom. The number of esters is 1. The molecule has 186 valence electrons. The molecular weight excluding hydrogens is 904 g/mol. The van der Waals surface area contributed by atoms with E-state index in [9.17, 15) is 19.2 Å². The maximum Gasteiger partial charge on any atom is 0.329 e. The van der Waals surface area contributed by atoms with Gasteiger partial charge in [0.05, 0.1) is 11.1 Å². The van der Waals surface area contributed by atoms with E-state index in [1.165, 1.54) is 0 Å². The summed E-state index contributed by atoms with van der Waals surface area (Å²) in [4.78, 5) is 53.5. The van der Waals surface area contributed by atoms with E-state index in [0.717, 1.165) is 23.2 Å². The van der Waals surface area contributed by atoms with Crippen LogP contribution in [0.15, 0.2) is 18.2 Å². The molecule has 0 unspecified atom stereocenters. The number of fused-ring (bicyclic) bond motifs is 1. The normalized spacial score (nSPS) is 13.8. The molecule has 3 rings (SSSR count). The Balaban J connectivity index is 1.83. The van der Waals surface area contributed by atoms with Crippen molar-refractivity contribution in [2.45, 2.75) is 40.2 Å². The minimum Gasteiger partial charge on any atom is -0.454 e. The average Bonchev–Trinajstić information content (AvgIpc) is 3.05. The van der Waals surface area contributed by atoms with Gasteiger partial charge in [0.1, 0.15) is 6.04 Å². The molecule has 1 heterocycles. The first-order valence-corrected chi connectivity index (χ1v) is 14.9. The van der Waals surface area contributed by atoms with E-state index < -0.39 is 36.3 Å². The molecule has 0 fully saturated rings. The third kappa shape index (κ3) is 6.13. The van der Waals surface area contributed by atoms with Crippen LogP contribution in [0.4, 0.5) is 5.69 Å². The van der Waals surface area contributed by atoms with Crippen LogP contribution >= 0.6 is 90.4 Å². The highest BCUT2D eigenvalue weighted by molar-refractivity contribution is 14.1. The molecule has 7 nitrogen and oxygen atoms in total. The number of nitrogens with one attached hydrogen (secondary N) is 1. The Hall–Kier alpha value is -0.560. The first kappa shape index (κ1) is 29.0. The Kier molecular flexibility index (Phi) is 9.84. The van der Waals surface area contributed by atoms with Crippen molar-refractivity contribution in [1.29, 1.82) is 0 Å². The van der Waals surface area contributed by atoms with Gasteiger partial charge in [-0.1, -0.05) is 26.0 Å². The number of carbonyl (C=O) groups is 4. The molecule has 1 N–H and O–H groups in total. The lowest BCUT2D eigenvalue weighted by molar-refractivity contribution is -0.151. The standard InChI is InChI=1S/C24H22I4N2O5/c1-10(2)7-14(24(34)35-9-15(31)29-13-8-11(3)5-6-12(13)4)30-22(32)16-17(23(30)33)19(26)21(28)20(27)18(16)25/h5-6,8,10,14H,7,9H2,1-4H3,(H,29,31)/t14-/m1/s1. The molecule has 0 bridgehead atoms. The lowest BCUT2D eigenvalue weighted by atomic mass is 10.0. The molecule has 2 aromatic carbocycles. The SMILES string of the molecule is Cc1ccc(C)c(NC(=O)COC(=O)[C@@H](CC(C)C)N2C(=O)c3c(I)c(I)c(I)c(I)c3C2=O)c1. The fourth-order valence-corrected chi connectivity index (χ4v) is 7.34. The summed E-state index contributed by atoms with van der Waals surface area (Å²) in [6.45, 7) is 7.05. The third-order valence-corrected chi connectivity index (χ3v) is 12.8. The van der Waals surface area contributed by atoms with Crippen molar-refractivity contribution in [1.82, 2.24) is 4.90 Å². The topological polar surface area (TPSA) is 92.8 Å². The minimum atomic E-state index is -1.13. The Bertz CT molecular complexity index is 1200. The summed E-state index contributed by atoms with van der Waals surface area (Å²) in [7, 11) is 0. The van der Waals surface area contributed by atoms with Crippen molar-refractivity contribution in [2.75, 3.05) is 11.9 Å². The molecule has 1 atom stereocenters. The Labute approximate surface area is 258 Å². The predicted octanol–water partition coefficient (Wildman–Crippen LogP) is 5.91. The molecule has 3 amide bonds. The van der Waals surface area contributed by atoms with Crippen LogP contribution in [0.5, 0.6) is 0 Å². The molecule has 0 spiro atoms. The smallest absolute Gasteiger partial charge is 0.329 e. The number of benzene rings is 2. The van der Waals surface area contributed by atoms with E-state index >= 15 is 0 Å². The summed E-state index contributed by atoms with van der Waals surface area (Å²) in [6.07, 6.45) is 0.226. The summed E-state index contributed by atoms with van der Waals surface area (Å²) < 4.78 is 8.48. The monoisotopic (exact) mass is 926 g/mol. The molecule has 0 aliphatic carbocycles. The molecule has 1 aliphatic heterocycles. The number of hydrogen-bond donors (Lipinski definition) is 1. The van der Waals surface area contributed by atoms with Gasteiger partial charge in [-0.25, -0.2) is 4.79 Å². The lowest BCUT2D eigenvalue weighted by Gasteiger charge is -2.26. The Morgan fingerprint density at radius 2 is 1.49 bits per heavy atom. The number of amides is 3. The molecule has 35 heavy (non-hydrogen) atoms. The van der Waals surface area contributed by atoms with E-state index in [1.807, 2.05) is 45.9 Å². The summed E-state index contributed by atoms with van der Waals surface area (Å²) in [5, 5.41) is 2.75. The van der Waals surface area contributed by atoms with E-state index in [2.05, 4.69) is 95.7 Å². The van der Waals surface area contributed by atoms with Gasteiger partial charge >= 0.3 is 5.97 Å². The van der Waals surface area contributed by atoms with Crippen molar-refractivity contribution in [3.05, 3.63) is 54.7 Å². The van der Waals surface area contributed by atoms with Crippen molar-refractivity contribution < 1.29 is 23.9 Å². The van der Waals surface area contributed by atoms with Gasteiger partial charge in [-0.2, -0.15) is 0 Å². The summed E-state index contributed by atoms with van der Waals surface area (Å²) in [5.74, 6) is -2.29. The highest BCUT2D eigenvalue weighted by Crippen LogP contribution is 2.38. The van der Waals surface area contributed by atoms with Crippen LogP contribution in [0, 0.1) is 34.0 Å². The number of halogens is 4. The molecule has 2 aromatic rings. The van der Waals surface area contributed by atoms with Crippen LogP contribution in [0.3, 0.4) is 0 Å². The first-order chi connectivity index (χ1) is 16.3. The largest absolute Gasteiger partial charge is 0.454 e. The predicted molar refractivity (Wildman–Crippen MR) is 167 cm³/mol. The zero-order valence-electron chi connectivity index (χ0n) is 19.3. The fraction of sp³-hybridized carbons (Fsp3) is 0.333. The van der Waals surface area contributed by atoms with Crippen molar-refractivity contribution in [3.8, 4) is 0 Å². The molecule has 1 aliphatic rings. The summed E-state index contributed by atoms with van der Waals surface area (Å²) in [5.41, 5.74) is 3.14. The minimum absolute atomic E-state index is 0.000881. The van der Waals surface area contributed by atoms with Gasteiger partial charge in [-0.15, -0.1) is 0 Å². The zero-order valence-corrected chi connectivity index (χ0v) is 27.9. The van der Waals surface area contributed by atoms with Gasteiger partial charge in [-0.05, 0) is 134 Å². The van der Waals surface area contributed by atoms with Gasteiger partial charge in [-0.3, -0.25) is 19.3 Å². The molecular formula is C24H22I4N2O5.